The Kier molecular flexibility index (Phi) is 4.11. The Hall–Kier alpha value is -2.17. The first-order chi connectivity index (χ1) is 9.77. The third kappa shape index (κ3) is 3.68. The molecule has 0 bridgehead atoms. The molecule has 0 spiro atoms. The molecule has 0 saturated heterocycles. The molecule has 2 rings (SSSR count). The van der Waals surface area contributed by atoms with Crippen LogP contribution in [0.25, 0.3) is 11.4 Å². The summed E-state index contributed by atoms with van der Waals surface area (Å²) in [6.07, 6.45) is 0. The van der Waals surface area contributed by atoms with E-state index in [2.05, 4.69) is 10.1 Å². The second-order valence-corrected chi connectivity index (χ2v) is 6.29. The lowest BCUT2D eigenvalue weighted by atomic mass is 9.95. The molecule has 0 radical (unpaired) electrons. The highest BCUT2D eigenvalue weighted by molar-refractivity contribution is 5.81. The highest BCUT2D eigenvalue weighted by Gasteiger charge is 2.26. The topological polar surface area (TPSA) is 59.2 Å². The zero-order chi connectivity index (χ0) is 15.6. The molecule has 0 aliphatic heterocycles. The number of hydrogen-bond donors (Lipinski definition) is 0. The Morgan fingerprint density at radius 1 is 1.24 bits per heavy atom. The lowest BCUT2D eigenvalue weighted by Gasteiger charge is -2.24. The Morgan fingerprint density at radius 3 is 2.43 bits per heavy atom. The first-order valence-corrected chi connectivity index (χ1v) is 6.92. The number of rotatable bonds is 3. The van der Waals surface area contributed by atoms with E-state index in [1.165, 1.54) is 5.56 Å². The fraction of sp³-hybridized carbons (Fsp3) is 0.438. The number of nitrogens with zero attached hydrogens (tertiary/aromatic N) is 3. The molecular weight excluding hydrogens is 266 g/mol. The summed E-state index contributed by atoms with van der Waals surface area (Å²) in [4.78, 5) is 18.1. The predicted molar refractivity (Wildman–Crippen MR) is 80.4 cm³/mol. The van der Waals surface area contributed by atoms with E-state index >= 15 is 0 Å². The molecule has 0 fully saturated rings. The van der Waals surface area contributed by atoms with Crippen molar-refractivity contribution in [3.8, 4) is 11.4 Å². The van der Waals surface area contributed by atoms with Crippen LogP contribution >= 0.6 is 0 Å². The normalized spacial score (nSPS) is 11.5. The summed E-state index contributed by atoms with van der Waals surface area (Å²) in [6, 6.07) is 7.91. The third-order valence-electron chi connectivity index (χ3n) is 3.14. The molecule has 0 aliphatic rings. The Balaban J connectivity index is 2.10. The summed E-state index contributed by atoms with van der Waals surface area (Å²) >= 11 is 0. The van der Waals surface area contributed by atoms with Gasteiger partial charge in [-0.2, -0.15) is 4.98 Å². The van der Waals surface area contributed by atoms with Crippen LogP contribution in [0.15, 0.2) is 28.8 Å². The average molecular weight is 287 g/mol. The molecule has 21 heavy (non-hydrogen) atoms. The van der Waals surface area contributed by atoms with Gasteiger partial charge in [0.15, 0.2) is 0 Å². The van der Waals surface area contributed by atoms with E-state index in [0.29, 0.717) is 18.3 Å². The first-order valence-electron chi connectivity index (χ1n) is 6.92. The minimum absolute atomic E-state index is 0.0394. The zero-order valence-corrected chi connectivity index (χ0v) is 13.2. The van der Waals surface area contributed by atoms with Gasteiger partial charge in [-0.3, -0.25) is 4.79 Å². The highest BCUT2D eigenvalue weighted by atomic mass is 16.5. The van der Waals surface area contributed by atoms with Crippen molar-refractivity contribution >= 4 is 5.91 Å². The second-order valence-electron chi connectivity index (χ2n) is 6.29. The molecular formula is C16H21N3O2. The van der Waals surface area contributed by atoms with Gasteiger partial charge in [0.05, 0.1) is 6.54 Å². The first kappa shape index (κ1) is 15.2. The van der Waals surface area contributed by atoms with Gasteiger partial charge in [-0.25, -0.2) is 0 Å². The van der Waals surface area contributed by atoms with Crippen molar-refractivity contribution < 1.29 is 9.32 Å². The van der Waals surface area contributed by atoms with E-state index in [4.69, 9.17) is 4.52 Å². The van der Waals surface area contributed by atoms with Crippen LogP contribution in [0.3, 0.4) is 0 Å². The summed E-state index contributed by atoms with van der Waals surface area (Å²) in [5.41, 5.74) is 1.66. The van der Waals surface area contributed by atoms with Crippen LogP contribution in [0.5, 0.6) is 0 Å². The molecule has 5 heteroatoms. The van der Waals surface area contributed by atoms with Crippen molar-refractivity contribution in [1.82, 2.24) is 15.0 Å². The summed E-state index contributed by atoms with van der Waals surface area (Å²) in [6.45, 7) is 8.00. The molecule has 1 aromatic carbocycles. The summed E-state index contributed by atoms with van der Waals surface area (Å²) in [5.74, 6) is 1.02. The van der Waals surface area contributed by atoms with Gasteiger partial charge in [0, 0.05) is 18.0 Å². The van der Waals surface area contributed by atoms with Crippen molar-refractivity contribution in [2.45, 2.75) is 34.2 Å². The third-order valence-corrected chi connectivity index (χ3v) is 3.14. The lowest BCUT2D eigenvalue weighted by Crippen LogP contribution is -2.36. The monoisotopic (exact) mass is 287 g/mol. The standard InChI is InChI=1S/C16H21N3O2/c1-11-6-8-12(9-7-11)14-17-13(21-18-14)10-19(5)15(20)16(2,3)4/h6-9H,10H2,1-5H3. The zero-order valence-electron chi connectivity index (χ0n) is 13.2. The molecule has 1 aromatic heterocycles. The minimum Gasteiger partial charge on any atom is -0.337 e. The summed E-state index contributed by atoms with van der Waals surface area (Å²) in [5, 5.41) is 3.97. The number of carbonyl (C=O) groups is 1. The maximum Gasteiger partial charge on any atom is 0.246 e. The van der Waals surface area contributed by atoms with Crippen LogP contribution in [0.2, 0.25) is 0 Å². The fourth-order valence-electron chi connectivity index (χ4n) is 1.99. The van der Waals surface area contributed by atoms with E-state index in [1.54, 1.807) is 11.9 Å². The van der Waals surface area contributed by atoms with Gasteiger partial charge in [0.25, 0.3) is 0 Å². The smallest absolute Gasteiger partial charge is 0.246 e. The van der Waals surface area contributed by atoms with E-state index in [-0.39, 0.29) is 5.91 Å². The van der Waals surface area contributed by atoms with Crippen LogP contribution in [0.4, 0.5) is 0 Å². The van der Waals surface area contributed by atoms with E-state index in [9.17, 15) is 4.79 Å². The van der Waals surface area contributed by atoms with Gasteiger partial charge in [0.1, 0.15) is 0 Å². The molecule has 1 amide bonds. The second kappa shape index (κ2) is 5.68. The summed E-state index contributed by atoms with van der Waals surface area (Å²) < 4.78 is 5.23. The van der Waals surface area contributed by atoms with Crippen LogP contribution in [0.1, 0.15) is 32.2 Å². The molecule has 0 N–H and O–H groups in total. The highest BCUT2D eigenvalue weighted by Crippen LogP contribution is 2.19. The minimum atomic E-state index is -0.422. The maximum atomic E-state index is 12.1. The van der Waals surface area contributed by atoms with Gasteiger partial charge >= 0.3 is 0 Å². The SMILES string of the molecule is Cc1ccc(-c2noc(CN(C)C(=O)C(C)(C)C)n2)cc1. The van der Waals surface area contributed by atoms with Gasteiger partial charge in [0.2, 0.25) is 17.6 Å². The number of hydrogen-bond acceptors (Lipinski definition) is 4. The van der Waals surface area contributed by atoms with Crippen LogP contribution in [-0.2, 0) is 11.3 Å². The van der Waals surface area contributed by atoms with Gasteiger partial charge in [-0.05, 0) is 6.92 Å². The van der Waals surface area contributed by atoms with Gasteiger partial charge < -0.3 is 9.42 Å². The summed E-state index contributed by atoms with van der Waals surface area (Å²) in [7, 11) is 1.74. The molecule has 2 aromatic rings. The number of amides is 1. The Labute approximate surface area is 125 Å². The molecule has 5 nitrogen and oxygen atoms in total. The molecule has 0 saturated carbocycles. The molecule has 112 valence electrons. The van der Waals surface area contributed by atoms with E-state index in [0.717, 1.165) is 5.56 Å². The van der Waals surface area contributed by atoms with Crippen molar-refractivity contribution in [3.63, 3.8) is 0 Å². The Bertz CT molecular complexity index is 624. The molecule has 0 atom stereocenters. The van der Waals surface area contributed by atoms with Crippen LogP contribution in [-0.4, -0.2) is 28.0 Å². The van der Waals surface area contributed by atoms with Crippen molar-refractivity contribution in [1.29, 1.82) is 0 Å². The molecule has 0 aliphatic carbocycles. The van der Waals surface area contributed by atoms with Crippen LogP contribution < -0.4 is 0 Å². The molecule has 0 unspecified atom stereocenters. The molecule has 1 heterocycles. The van der Waals surface area contributed by atoms with Crippen molar-refractivity contribution in [2.24, 2.45) is 5.41 Å². The maximum absolute atomic E-state index is 12.1. The fourth-order valence-corrected chi connectivity index (χ4v) is 1.99. The number of aryl methyl sites for hydroxylation is 1. The number of carbonyl (C=O) groups excluding carboxylic acids is 1. The van der Waals surface area contributed by atoms with Crippen molar-refractivity contribution in [2.75, 3.05) is 7.05 Å². The van der Waals surface area contributed by atoms with Gasteiger partial charge in [-0.15, -0.1) is 0 Å². The average Bonchev–Trinajstić information content (AvgIpc) is 2.86. The van der Waals surface area contributed by atoms with E-state index in [1.807, 2.05) is 52.0 Å². The number of aromatic nitrogens is 2. The number of benzene rings is 1. The Morgan fingerprint density at radius 2 is 1.86 bits per heavy atom. The van der Waals surface area contributed by atoms with Gasteiger partial charge in [-0.1, -0.05) is 55.8 Å². The largest absolute Gasteiger partial charge is 0.337 e. The van der Waals surface area contributed by atoms with E-state index < -0.39 is 5.41 Å². The van der Waals surface area contributed by atoms with Crippen LogP contribution in [0, 0.1) is 12.3 Å². The predicted octanol–water partition coefficient (Wildman–Crippen LogP) is 3.05. The quantitative estimate of drug-likeness (QED) is 0.870. The van der Waals surface area contributed by atoms with Crippen molar-refractivity contribution in [3.05, 3.63) is 35.7 Å². The lowest BCUT2D eigenvalue weighted by molar-refractivity contribution is -0.138.